The molecule has 0 unspecified atom stereocenters. The molecule has 0 saturated carbocycles. The van der Waals surface area contributed by atoms with Crippen molar-refractivity contribution in [2.45, 2.75) is 34.1 Å². The molecule has 21 heavy (non-hydrogen) atoms. The Kier molecular flexibility index (Phi) is 4.69. The molecule has 0 aliphatic heterocycles. The van der Waals surface area contributed by atoms with Gasteiger partial charge in [0.1, 0.15) is 5.82 Å². The molecule has 2 aromatic heterocycles. The molecule has 0 aromatic carbocycles. The molecule has 0 radical (unpaired) electrons. The predicted octanol–water partition coefficient (Wildman–Crippen LogP) is 3.40. The fraction of sp³-hybridized carbons (Fsp3) is 0.643. The van der Waals surface area contributed by atoms with E-state index in [2.05, 4.69) is 48.3 Å². The first-order chi connectivity index (χ1) is 9.90. The number of hydrogen-bond acceptors (Lipinski definition) is 4. The van der Waals surface area contributed by atoms with Gasteiger partial charge in [0, 0.05) is 6.54 Å². The number of nitrogens with zero attached hydrogens (tertiary/aromatic N) is 4. The Bertz CT molecular complexity index is 586. The van der Waals surface area contributed by atoms with Gasteiger partial charge in [0.25, 0.3) is 6.43 Å². The zero-order valence-corrected chi connectivity index (χ0v) is 12.7. The Labute approximate surface area is 122 Å². The van der Waals surface area contributed by atoms with Crippen molar-refractivity contribution in [2.75, 3.05) is 11.9 Å². The van der Waals surface area contributed by atoms with E-state index < -0.39 is 12.2 Å². The van der Waals surface area contributed by atoms with E-state index in [9.17, 15) is 8.78 Å². The van der Waals surface area contributed by atoms with Crippen LogP contribution in [0.3, 0.4) is 0 Å². The number of fused-ring (bicyclic) bond motifs is 1. The number of hydrogen-bond donors (Lipinski definition) is 1. The molecule has 1 N–H and O–H groups in total. The Hall–Kier alpha value is -1.79. The monoisotopic (exact) mass is 297 g/mol. The van der Waals surface area contributed by atoms with Crippen LogP contribution in [0.25, 0.3) is 5.65 Å². The van der Waals surface area contributed by atoms with Gasteiger partial charge in [-0.25, -0.2) is 8.78 Å². The van der Waals surface area contributed by atoms with Crippen LogP contribution in [0.15, 0.2) is 12.1 Å². The zero-order valence-electron chi connectivity index (χ0n) is 12.7. The van der Waals surface area contributed by atoms with Gasteiger partial charge in [0.05, 0.1) is 0 Å². The molecule has 0 atom stereocenters. The predicted molar refractivity (Wildman–Crippen MR) is 77.4 cm³/mol. The number of anilines is 1. The Morgan fingerprint density at radius 1 is 1.10 bits per heavy atom. The lowest BCUT2D eigenvalue weighted by Gasteiger charge is -2.25. The van der Waals surface area contributed by atoms with Gasteiger partial charge in [-0.2, -0.15) is 4.52 Å². The molecule has 7 heteroatoms. The molecule has 0 fully saturated rings. The second-order valence-electron chi connectivity index (χ2n) is 5.88. The highest BCUT2D eigenvalue weighted by atomic mass is 19.3. The molecule has 5 nitrogen and oxygen atoms in total. The van der Waals surface area contributed by atoms with Gasteiger partial charge in [-0.1, -0.05) is 27.7 Å². The van der Waals surface area contributed by atoms with Crippen molar-refractivity contribution in [1.82, 2.24) is 19.8 Å². The number of alkyl halides is 2. The summed E-state index contributed by atoms with van der Waals surface area (Å²) in [7, 11) is 0. The molecule has 2 rings (SSSR count). The van der Waals surface area contributed by atoms with Gasteiger partial charge in [0.15, 0.2) is 5.65 Å². The maximum atomic E-state index is 12.8. The van der Waals surface area contributed by atoms with E-state index in [-0.39, 0.29) is 0 Å². The van der Waals surface area contributed by atoms with Crippen LogP contribution < -0.4 is 5.32 Å². The van der Waals surface area contributed by atoms with Crippen LogP contribution in [0, 0.1) is 17.8 Å². The van der Waals surface area contributed by atoms with Crippen molar-refractivity contribution < 1.29 is 8.78 Å². The van der Waals surface area contributed by atoms with E-state index in [1.165, 1.54) is 0 Å². The average Bonchev–Trinajstić information content (AvgIpc) is 2.81. The Balaban J connectivity index is 2.17. The fourth-order valence-corrected chi connectivity index (χ4v) is 2.50. The molecule has 2 aromatic rings. The highest BCUT2D eigenvalue weighted by Crippen LogP contribution is 2.21. The summed E-state index contributed by atoms with van der Waals surface area (Å²) in [6.07, 6.45) is -2.69. The summed E-state index contributed by atoms with van der Waals surface area (Å²) in [6, 6.07) is 3.37. The first kappa shape index (κ1) is 15.6. The van der Waals surface area contributed by atoms with E-state index in [1.54, 1.807) is 12.1 Å². The van der Waals surface area contributed by atoms with E-state index in [0.717, 1.165) is 11.1 Å². The molecule has 2 heterocycles. The number of halogens is 2. The molecule has 0 aliphatic rings. The summed E-state index contributed by atoms with van der Waals surface area (Å²) in [5.41, 5.74) is 0.320. The van der Waals surface area contributed by atoms with Gasteiger partial charge in [-0.05, 0) is 29.9 Å². The highest BCUT2D eigenvalue weighted by molar-refractivity contribution is 5.44. The molecule has 116 valence electrons. The standard InChI is InChI=1S/C14H21F2N5/c1-8(2)10(9(3)4)7-17-11-5-6-12-18-19-14(13(15)16)21(12)20-11/h5-6,8-10,13H,7H2,1-4H3,(H,17,20). The van der Waals surface area contributed by atoms with Crippen molar-refractivity contribution in [3.63, 3.8) is 0 Å². The molecule has 0 spiro atoms. The van der Waals surface area contributed by atoms with E-state index in [1.807, 2.05) is 0 Å². The maximum absolute atomic E-state index is 12.8. The Morgan fingerprint density at radius 2 is 1.76 bits per heavy atom. The van der Waals surface area contributed by atoms with Crippen LogP contribution in [-0.2, 0) is 0 Å². The SMILES string of the molecule is CC(C)C(CNc1ccc2nnc(C(F)F)n2n1)C(C)C. The smallest absolute Gasteiger partial charge is 0.299 e. The van der Waals surface area contributed by atoms with Crippen molar-refractivity contribution in [3.8, 4) is 0 Å². The van der Waals surface area contributed by atoms with Crippen molar-refractivity contribution in [2.24, 2.45) is 17.8 Å². The topological polar surface area (TPSA) is 55.1 Å². The normalized spacial score (nSPS) is 12.3. The van der Waals surface area contributed by atoms with Crippen LogP contribution >= 0.6 is 0 Å². The van der Waals surface area contributed by atoms with E-state index in [0.29, 0.717) is 29.2 Å². The summed E-state index contributed by atoms with van der Waals surface area (Å²) >= 11 is 0. The molecule has 0 bridgehead atoms. The van der Waals surface area contributed by atoms with Crippen LogP contribution in [0.1, 0.15) is 39.9 Å². The summed E-state index contributed by atoms with van der Waals surface area (Å²) in [5, 5.41) is 14.5. The summed E-state index contributed by atoms with van der Waals surface area (Å²) in [6.45, 7) is 9.46. The van der Waals surface area contributed by atoms with Gasteiger partial charge in [-0.3, -0.25) is 0 Å². The van der Waals surface area contributed by atoms with Crippen LogP contribution in [0.2, 0.25) is 0 Å². The fourth-order valence-electron chi connectivity index (χ4n) is 2.50. The summed E-state index contributed by atoms with van der Waals surface area (Å²) < 4.78 is 26.7. The minimum absolute atomic E-state index is 0.320. The van der Waals surface area contributed by atoms with Crippen LogP contribution in [0.4, 0.5) is 14.6 Å². The molecule has 0 saturated heterocycles. The van der Waals surface area contributed by atoms with E-state index in [4.69, 9.17) is 0 Å². The zero-order chi connectivity index (χ0) is 15.6. The minimum atomic E-state index is -2.69. The minimum Gasteiger partial charge on any atom is -0.368 e. The van der Waals surface area contributed by atoms with Gasteiger partial charge >= 0.3 is 0 Å². The second kappa shape index (κ2) is 6.32. The first-order valence-electron chi connectivity index (χ1n) is 7.14. The number of aromatic nitrogens is 4. The largest absolute Gasteiger partial charge is 0.368 e. The maximum Gasteiger partial charge on any atom is 0.299 e. The molecular weight excluding hydrogens is 276 g/mol. The van der Waals surface area contributed by atoms with Gasteiger partial charge in [0.2, 0.25) is 5.82 Å². The molecular formula is C14H21F2N5. The lowest BCUT2D eigenvalue weighted by atomic mass is 9.85. The van der Waals surface area contributed by atoms with Crippen molar-refractivity contribution in [3.05, 3.63) is 18.0 Å². The number of rotatable bonds is 6. The van der Waals surface area contributed by atoms with Crippen molar-refractivity contribution in [1.29, 1.82) is 0 Å². The number of nitrogens with one attached hydrogen (secondary N) is 1. The third-order valence-corrected chi connectivity index (χ3v) is 3.71. The quantitative estimate of drug-likeness (QED) is 0.888. The van der Waals surface area contributed by atoms with Crippen molar-refractivity contribution >= 4 is 11.5 Å². The third-order valence-electron chi connectivity index (χ3n) is 3.71. The first-order valence-corrected chi connectivity index (χ1v) is 7.14. The van der Waals surface area contributed by atoms with Crippen LogP contribution in [-0.4, -0.2) is 26.4 Å². The van der Waals surface area contributed by atoms with E-state index >= 15 is 0 Å². The Morgan fingerprint density at radius 3 is 2.33 bits per heavy atom. The van der Waals surface area contributed by atoms with Gasteiger partial charge < -0.3 is 5.32 Å². The average molecular weight is 297 g/mol. The summed E-state index contributed by atoms with van der Waals surface area (Å²) in [5.74, 6) is 1.67. The third kappa shape index (κ3) is 3.46. The molecule has 0 amide bonds. The lowest BCUT2D eigenvalue weighted by molar-refractivity contribution is 0.137. The summed E-state index contributed by atoms with van der Waals surface area (Å²) in [4.78, 5) is 0. The molecule has 0 aliphatic carbocycles. The second-order valence-corrected chi connectivity index (χ2v) is 5.88. The highest BCUT2D eigenvalue weighted by Gasteiger charge is 2.19. The lowest BCUT2D eigenvalue weighted by Crippen LogP contribution is -2.25. The van der Waals surface area contributed by atoms with Crippen LogP contribution in [0.5, 0.6) is 0 Å². The van der Waals surface area contributed by atoms with Gasteiger partial charge in [-0.15, -0.1) is 15.3 Å².